The molecule has 0 saturated carbocycles. The van der Waals surface area contributed by atoms with Gasteiger partial charge in [-0.3, -0.25) is 0 Å². The number of aryl methyl sites for hydroxylation is 1. The first-order valence-electron chi connectivity index (χ1n) is 4.06. The fraction of sp³-hybridized carbons (Fsp3) is 0.222. The van der Waals surface area contributed by atoms with Gasteiger partial charge in [-0.25, -0.2) is 4.98 Å². The highest BCUT2D eigenvalue weighted by Gasteiger charge is 2.06. The molecule has 0 aliphatic carbocycles. The van der Waals surface area contributed by atoms with Gasteiger partial charge in [-0.05, 0) is 25.1 Å². The largest absolute Gasteiger partial charge is 0.342 e. The SMILES string of the molecule is Cc1nc2ccc(SC(F)F)cc2[nH]1. The third-order valence-corrected chi connectivity index (χ3v) is 2.50. The molecule has 0 amide bonds. The minimum Gasteiger partial charge on any atom is -0.342 e. The number of nitrogens with one attached hydrogen (secondary N) is 1. The Hall–Kier alpha value is -1.10. The summed E-state index contributed by atoms with van der Waals surface area (Å²) < 4.78 is 24.1. The van der Waals surface area contributed by atoms with Crippen LogP contribution in [0.3, 0.4) is 0 Å². The Balaban J connectivity index is 2.40. The molecule has 0 atom stereocenters. The highest BCUT2D eigenvalue weighted by Crippen LogP contribution is 2.27. The number of hydrogen-bond donors (Lipinski definition) is 1. The molecule has 0 fully saturated rings. The van der Waals surface area contributed by atoms with Crippen LogP contribution in [0.25, 0.3) is 11.0 Å². The lowest BCUT2D eigenvalue weighted by atomic mass is 10.3. The summed E-state index contributed by atoms with van der Waals surface area (Å²) >= 11 is 0.541. The second kappa shape index (κ2) is 3.57. The molecule has 1 aromatic heterocycles. The number of benzene rings is 1. The van der Waals surface area contributed by atoms with E-state index >= 15 is 0 Å². The van der Waals surface area contributed by atoms with Gasteiger partial charge >= 0.3 is 0 Å². The van der Waals surface area contributed by atoms with Gasteiger partial charge in [0.25, 0.3) is 5.76 Å². The Kier molecular flexibility index (Phi) is 2.41. The van der Waals surface area contributed by atoms with Crippen LogP contribution in [-0.2, 0) is 0 Å². The molecule has 0 aliphatic rings. The topological polar surface area (TPSA) is 28.7 Å². The summed E-state index contributed by atoms with van der Waals surface area (Å²) in [6.45, 7) is 1.83. The van der Waals surface area contributed by atoms with E-state index in [-0.39, 0.29) is 0 Å². The van der Waals surface area contributed by atoms with E-state index < -0.39 is 5.76 Å². The number of H-pyrrole nitrogens is 1. The molecular weight excluding hydrogens is 206 g/mol. The predicted octanol–water partition coefficient (Wildman–Crippen LogP) is 3.19. The van der Waals surface area contributed by atoms with Crippen LogP contribution in [0, 0.1) is 6.92 Å². The lowest BCUT2D eigenvalue weighted by Gasteiger charge is -1.98. The summed E-state index contributed by atoms with van der Waals surface area (Å²) in [5.41, 5.74) is 1.61. The lowest BCUT2D eigenvalue weighted by Crippen LogP contribution is -1.81. The van der Waals surface area contributed by atoms with Gasteiger partial charge in [-0.1, -0.05) is 11.8 Å². The monoisotopic (exact) mass is 214 g/mol. The standard InChI is InChI=1S/C9H8F2N2S/c1-5-12-7-3-2-6(14-9(10)11)4-8(7)13-5/h2-4,9H,1H3,(H,12,13). The highest BCUT2D eigenvalue weighted by molar-refractivity contribution is 7.99. The van der Waals surface area contributed by atoms with Crippen molar-refractivity contribution in [2.24, 2.45) is 0 Å². The highest BCUT2D eigenvalue weighted by atomic mass is 32.2. The molecular formula is C9H8F2N2S. The molecule has 0 unspecified atom stereocenters. The third-order valence-electron chi connectivity index (χ3n) is 1.80. The lowest BCUT2D eigenvalue weighted by molar-refractivity contribution is 0.252. The first-order valence-corrected chi connectivity index (χ1v) is 4.94. The first kappa shape index (κ1) is 9.45. The van der Waals surface area contributed by atoms with Gasteiger partial charge in [0.15, 0.2) is 0 Å². The van der Waals surface area contributed by atoms with Crippen LogP contribution in [0.15, 0.2) is 23.1 Å². The molecule has 1 N–H and O–H groups in total. The Morgan fingerprint density at radius 3 is 2.93 bits per heavy atom. The fourth-order valence-electron chi connectivity index (χ4n) is 1.29. The van der Waals surface area contributed by atoms with Crippen LogP contribution < -0.4 is 0 Å². The second-order valence-corrected chi connectivity index (χ2v) is 3.94. The van der Waals surface area contributed by atoms with Crippen LogP contribution in [0.4, 0.5) is 8.78 Å². The zero-order chi connectivity index (χ0) is 10.1. The Morgan fingerprint density at radius 1 is 1.43 bits per heavy atom. The average Bonchev–Trinajstić information content (AvgIpc) is 2.42. The molecule has 2 rings (SSSR count). The van der Waals surface area contributed by atoms with E-state index in [9.17, 15) is 8.78 Å². The third kappa shape index (κ3) is 1.87. The molecule has 0 bridgehead atoms. The molecule has 2 nitrogen and oxygen atoms in total. The average molecular weight is 214 g/mol. The predicted molar refractivity (Wildman–Crippen MR) is 52.7 cm³/mol. The molecule has 1 heterocycles. The zero-order valence-electron chi connectivity index (χ0n) is 7.42. The molecule has 74 valence electrons. The van der Waals surface area contributed by atoms with Crippen molar-refractivity contribution in [2.45, 2.75) is 17.6 Å². The molecule has 0 spiro atoms. The number of nitrogens with zero attached hydrogens (tertiary/aromatic N) is 1. The Bertz CT molecular complexity index is 453. The number of halogens is 2. The van der Waals surface area contributed by atoms with Crippen molar-refractivity contribution in [2.75, 3.05) is 0 Å². The Morgan fingerprint density at radius 2 is 2.21 bits per heavy atom. The second-order valence-electron chi connectivity index (χ2n) is 2.88. The van der Waals surface area contributed by atoms with E-state index in [1.807, 2.05) is 6.92 Å². The van der Waals surface area contributed by atoms with Gasteiger partial charge in [0.2, 0.25) is 0 Å². The minimum absolute atomic E-state index is 0.541. The first-order chi connectivity index (χ1) is 6.65. The van der Waals surface area contributed by atoms with Crippen molar-refractivity contribution >= 4 is 22.8 Å². The van der Waals surface area contributed by atoms with Crippen molar-refractivity contribution in [1.29, 1.82) is 0 Å². The van der Waals surface area contributed by atoms with E-state index in [1.165, 1.54) is 0 Å². The number of aromatic amines is 1. The van der Waals surface area contributed by atoms with Crippen molar-refractivity contribution in [1.82, 2.24) is 9.97 Å². The summed E-state index contributed by atoms with van der Waals surface area (Å²) in [5.74, 6) is -1.59. The summed E-state index contributed by atoms with van der Waals surface area (Å²) in [7, 11) is 0. The normalized spacial score (nSPS) is 11.4. The maximum absolute atomic E-state index is 12.1. The van der Waals surface area contributed by atoms with Gasteiger partial charge in [0, 0.05) is 4.90 Å². The van der Waals surface area contributed by atoms with Crippen LogP contribution in [0.5, 0.6) is 0 Å². The van der Waals surface area contributed by atoms with Gasteiger partial charge < -0.3 is 4.98 Å². The molecule has 5 heteroatoms. The smallest absolute Gasteiger partial charge is 0.288 e. The molecule has 0 aliphatic heterocycles. The Labute approximate surface area is 83.7 Å². The van der Waals surface area contributed by atoms with Gasteiger partial charge in [-0.15, -0.1) is 0 Å². The molecule has 14 heavy (non-hydrogen) atoms. The summed E-state index contributed by atoms with van der Waals surface area (Å²) in [6.07, 6.45) is 0. The van der Waals surface area contributed by atoms with Crippen LogP contribution in [0.1, 0.15) is 5.82 Å². The minimum atomic E-state index is -2.38. The maximum Gasteiger partial charge on any atom is 0.288 e. The van der Waals surface area contributed by atoms with E-state index in [4.69, 9.17) is 0 Å². The van der Waals surface area contributed by atoms with Crippen LogP contribution in [-0.4, -0.2) is 15.7 Å². The summed E-state index contributed by atoms with van der Waals surface area (Å²) in [4.78, 5) is 7.74. The number of alkyl halides is 2. The number of aromatic nitrogens is 2. The summed E-state index contributed by atoms with van der Waals surface area (Å²) in [5, 5.41) is 0. The van der Waals surface area contributed by atoms with Crippen molar-refractivity contribution < 1.29 is 8.78 Å². The van der Waals surface area contributed by atoms with E-state index in [0.717, 1.165) is 16.9 Å². The van der Waals surface area contributed by atoms with E-state index in [1.54, 1.807) is 18.2 Å². The number of thioether (sulfide) groups is 1. The molecule has 0 radical (unpaired) electrons. The fourth-order valence-corrected chi connectivity index (χ4v) is 1.83. The molecule has 2 aromatic rings. The van der Waals surface area contributed by atoms with Crippen LogP contribution >= 0.6 is 11.8 Å². The van der Waals surface area contributed by atoms with E-state index in [0.29, 0.717) is 16.7 Å². The zero-order valence-corrected chi connectivity index (χ0v) is 8.24. The molecule has 0 saturated heterocycles. The number of hydrogen-bond acceptors (Lipinski definition) is 2. The van der Waals surface area contributed by atoms with Gasteiger partial charge in [-0.2, -0.15) is 8.78 Å². The quantitative estimate of drug-likeness (QED) is 0.778. The van der Waals surface area contributed by atoms with Crippen molar-refractivity contribution in [3.8, 4) is 0 Å². The number of imidazole rings is 1. The van der Waals surface area contributed by atoms with E-state index in [2.05, 4.69) is 9.97 Å². The number of rotatable bonds is 2. The molecule has 1 aromatic carbocycles. The number of fused-ring (bicyclic) bond motifs is 1. The van der Waals surface area contributed by atoms with Crippen LogP contribution in [0.2, 0.25) is 0 Å². The summed E-state index contributed by atoms with van der Waals surface area (Å²) in [6, 6.07) is 5.08. The van der Waals surface area contributed by atoms with Gasteiger partial charge in [0.1, 0.15) is 5.82 Å². The maximum atomic E-state index is 12.1. The van der Waals surface area contributed by atoms with Crippen molar-refractivity contribution in [3.05, 3.63) is 24.0 Å². The van der Waals surface area contributed by atoms with Crippen molar-refractivity contribution in [3.63, 3.8) is 0 Å². The van der Waals surface area contributed by atoms with Gasteiger partial charge in [0.05, 0.1) is 11.0 Å².